The fourth-order valence-corrected chi connectivity index (χ4v) is 4.09. The molecule has 0 aromatic heterocycles. The number of amides is 1. The van der Waals surface area contributed by atoms with Crippen molar-refractivity contribution in [2.24, 2.45) is 0 Å². The van der Waals surface area contributed by atoms with Crippen molar-refractivity contribution in [1.82, 2.24) is 9.80 Å². The first-order valence-corrected chi connectivity index (χ1v) is 10.5. The van der Waals surface area contributed by atoms with Gasteiger partial charge >= 0.3 is 0 Å². The molecule has 1 aliphatic rings. The molecule has 138 valence electrons. The van der Waals surface area contributed by atoms with E-state index in [4.69, 9.17) is 0 Å². The maximum atomic E-state index is 12.7. The Balaban J connectivity index is 1.79. The minimum atomic E-state index is -3.77. The molecule has 0 aliphatic carbocycles. The van der Waals surface area contributed by atoms with Gasteiger partial charge in [-0.3, -0.25) is 9.52 Å². The zero-order chi connectivity index (χ0) is 18.7. The minimum absolute atomic E-state index is 0.0698. The Bertz CT molecular complexity index is 892. The first-order chi connectivity index (χ1) is 12.3. The van der Waals surface area contributed by atoms with Crippen molar-refractivity contribution in [2.75, 3.05) is 37.9 Å². The Hall–Kier alpha value is -1.90. The van der Waals surface area contributed by atoms with Crippen LogP contribution in [-0.4, -0.2) is 57.4 Å². The molecule has 26 heavy (non-hydrogen) atoms. The second kappa shape index (κ2) is 7.77. The van der Waals surface area contributed by atoms with Crippen LogP contribution in [0.15, 0.2) is 57.9 Å². The lowest BCUT2D eigenvalue weighted by Gasteiger charge is -2.32. The predicted molar refractivity (Wildman–Crippen MR) is 105 cm³/mol. The number of anilines is 1. The van der Waals surface area contributed by atoms with E-state index in [1.54, 1.807) is 41.3 Å². The molecule has 1 fully saturated rings. The SMILES string of the molecule is CN1CCN(C(=O)c2cccc(S(=O)(=O)Nc3ccc(Br)cc3)c2)CC1. The van der Waals surface area contributed by atoms with Crippen LogP contribution in [0.3, 0.4) is 0 Å². The number of likely N-dealkylation sites (N-methyl/N-ethyl adjacent to an activating group) is 1. The molecule has 2 aromatic carbocycles. The van der Waals surface area contributed by atoms with Gasteiger partial charge in [-0.1, -0.05) is 22.0 Å². The topological polar surface area (TPSA) is 69.7 Å². The lowest BCUT2D eigenvalue weighted by Crippen LogP contribution is -2.47. The number of sulfonamides is 1. The molecule has 2 aromatic rings. The summed E-state index contributed by atoms with van der Waals surface area (Å²) in [5.74, 6) is -0.140. The minimum Gasteiger partial charge on any atom is -0.336 e. The molecule has 0 radical (unpaired) electrons. The standard InChI is InChI=1S/C18H20BrN3O3S/c1-21-9-11-22(12-10-21)18(23)14-3-2-4-17(13-14)26(24,25)20-16-7-5-15(19)6-8-16/h2-8,13,20H,9-12H2,1H3. The molecular formula is C18H20BrN3O3S. The summed E-state index contributed by atoms with van der Waals surface area (Å²) < 4.78 is 28.6. The van der Waals surface area contributed by atoms with Gasteiger partial charge in [0.2, 0.25) is 0 Å². The van der Waals surface area contributed by atoms with Crippen LogP contribution in [0.2, 0.25) is 0 Å². The van der Waals surface area contributed by atoms with Gasteiger partial charge in [0.15, 0.2) is 0 Å². The molecule has 0 atom stereocenters. The molecule has 1 N–H and O–H groups in total. The second-order valence-electron chi connectivity index (χ2n) is 6.24. The molecule has 1 amide bonds. The van der Waals surface area contributed by atoms with Crippen LogP contribution in [0.5, 0.6) is 0 Å². The highest BCUT2D eigenvalue weighted by atomic mass is 79.9. The molecule has 1 aliphatic heterocycles. The van der Waals surface area contributed by atoms with Gasteiger partial charge in [-0.25, -0.2) is 8.42 Å². The summed E-state index contributed by atoms with van der Waals surface area (Å²) in [4.78, 5) is 16.7. The van der Waals surface area contributed by atoms with E-state index in [1.165, 1.54) is 12.1 Å². The van der Waals surface area contributed by atoms with Gasteiger partial charge in [0.25, 0.3) is 15.9 Å². The largest absolute Gasteiger partial charge is 0.336 e. The Kier molecular flexibility index (Phi) is 5.64. The van der Waals surface area contributed by atoms with Crippen molar-refractivity contribution in [1.29, 1.82) is 0 Å². The van der Waals surface area contributed by atoms with Gasteiger partial charge < -0.3 is 9.80 Å². The number of carbonyl (C=O) groups is 1. The van der Waals surface area contributed by atoms with Gasteiger partial charge in [-0.15, -0.1) is 0 Å². The van der Waals surface area contributed by atoms with Crippen molar-refractivity contribution >= 4 is 37.5 Å². The van der Waals surface area contributed by atoms with Crippen molar-refractivity contribution < 1.29 is 13.2 Å². The number of rotatable bonds is 4. The Morgan fingerprint density at radius 3 is 2.35 bits per heavy atom. The zero-order valence-corrected chi connectivity index (χ0v) is 16.8. The normalized spacial score (nSPS) is 15.7. The van der Waals surface area contributed by atoms with E-state index >= 15 is 0 Å². The third-order valence-electron chi connectivity index (χ3n) is 4.28. The van der Waals surface area contributed by atoms with Crippen molar-refractivity contribution in [2.45, 2.75) is 4.90 Å². The van der Waals surface area contributed by atoms with Crippen LogP contribution in [0.25, 0.3) is 0 Å². The number of nitrogens with one attached hydrogen (secondary N) is 1. The molecule has 1 saturated heterocycles. The number of nitrogens with zero attached hydrogens (tertiary/aromatic N) is 2. The Morgan fingerprint density at radius 1 is 1.04 bits per heavy atom. The number of carbonyl (C=O) groups excluding carboxylic acids is 1. The molecule has 6 nitrogen and oxygen atoms in total. The third-order valence-corrected chi connectivity index (χ3v) is 6.19. The van der Waals surface area contributed by atoms with Gasteiger partial charge in [-0.05, 0) is 49.5 Å². The highest BCUT2D eigenvalue weighted by Crippen LogP contribution is 2.20. The van der Waals surface area contributed by atoms with Crippen LogP contribution >= 0.6 is 15.9 Å². The maximum absolute atomic E-state index is 12.7. The third kappa shape index (κ3) is 4.44. The van der Waals surface area contributed by atoms with Gasteiger partial charge in [0.1, 0.15) is 0 Å². The summed E-state index contributed by atoms with van der Waals surface area (Å²) in [5.41, 5.74) is 0.845. The molecule has 8 heteroatoms. The van der Waals surface area contributed by atoms with E-state index in [0.29, 0.717) is 24.3 Å². The number of piperazine rings is 1. The molecular weight excluding hydrogens is 418 g/mol. The molecule has 3 rings (SSSR count). The maximum Gasteiger partial charge on any atom is 0.261 e. The summed E-state index contributed by atoms with van der Waals surface area (Å²) in [6.45, 7) is 2.91. The van der Waals surface area contributed by atoms with Crippen LogP contribution < -0.4 is 4.72 Å². The van der Waals surface area contributed by atoms with Crippen LogP contribution in [0.4, 0.5) is 5.69 Å². The van der Waals surface area contributed by atoms with E-state index in [9.17, 15) is 13.2 Å². The van der Waals surface area contributed by atoms with E-state index < -0.39 is 10.0 Å². The summed E-state index contributed by atoms with van der Waals surface area (Å²) in [5, 5.41) is 0. The fourth-order valence-electron chi connectivity index (χ4n) is 2.72. The van der Waals surface area contributed by atoms with E-state index in [1.807, 2.05) is 7.05 Å². The highest BCUT2D eigenvalue weighted by molar-refractivity contribution is 9.10. The average Bonchev–Trinajstić information content (AvgIpc) is 2.64. The predicted octanol–water partition coefficient (Wildman–Crippen LogP) is 2.64. The summed E-state index contributed by atoms with van der Waals surface area (Å²) in [7, 11) is -1.75. The van der Waals surface area contributed by atoms with Crippen LogP contribution in [0.1, 0.15) is 10.4 Å². The monoisotopic (exact) mass is 437 g/mol. The molecule has 0 unspecified atom stereocenters. The van der Waals surface area contributed by atoms with Crippen LogP contribution in [0, 0.1) is 0 Å². The lowest BCUT2D eigenvalue weighted by atomic mass is 10.2. The van der Waals surface area contributed by atoms with E-state index in [2.05, 4.69) is 25.6 Å². The van der Waals surface area contributed by atoms with Gasteiger partial charge in [-0.2, -0.15) is 0 Å². The van der Waals surface area contributed by atoms with Gasteiger partial charge in [0.05, 0.1) is 4.90 Å². The quantitative estimate of drug-likeness (QED) is 0.797. The first-order valence-electron chi connectivity index (χ1n) is 8.21. The molecule has 0 saturated carbocycles. The number of hydrogen-bond donors (Lipinski definition) is 1. The number of hydrogen-bond acceptors (Lipinski definition) is 4. The number of benzene rings is 2. The van der Waals surface area contributed by atoms with Crippen molar-refractivity contribution in [3.8, 4) is 0 Å². The van der Waals surface area contributed by atoms with E-state index in [-0.39, 0.29) is 10.8 Å². The molecule has 0 bridgehead atoms. The summed E-state index contributed by atoms with van der Waals surface area (Å²) >= 11 is 3.31. The van der Waals surface area contributed by atoms with E-state index in [0.717, 1.165) is 17.6 Å². The lowest BCUT2D eigenvalue weighted by molar-refractivity contribution is 0.0664. The Labute approximate surface area is 162 Å². The first kappa shape index (κ1) is 18.9. The molecule has 0 spiro atoms. The second-order valence-corrected chi connectivity index (χ2v) is 8.83. The zero-order valence-electron chi connectivity index (χ0n) is 14.4. The number of halogens is 1. The van der Waals surface area contributed by atoms with Gasteiger partial charge in [0, 0.05) is 41.9 Å². The average molecular weight is 438 g/mol. The summed E-state index contributed by atoms with van der Waals surface area (Å²) in [6.07, 6.45) is 0. The van der Waals surface area contributed by atoms with Crippen molar-refractivity contribution in [3.63, 3.8) is 0 Å². The highest BCUT2D eigenvalue weighted by Gasteiger charge is 2.22. The van der Waals surface area contributed by atoms with Crippen LogP contribution in [-0.2, 0) is 10.0 Å². The molecule has 1 heterocycles. The van der Waals surface area contributed by atoms with Crippen molar-refractivity contribution in [3.05, 3.63) is 58.6 Å². The summed E-state index contributed by atoms with van der Waals surface area (Å²) in [6, 6.07) is 13.0. The fraction of sp³-hybridized carbons (Fsp3) is 0.278. The smallest absolute Gasteiger partial charge is 0.261 e. The Morgan fingerprint density at radius 2 is 1.69 bits per heavy atom.